The number of hydrogen-bond acceptors (Lipinski definition) is 2. The van der Waals surface area contributed by atoms with E-state index in [0.29, 0.717) is 5.56 Å². The Bertz CT molecular complexity index is 714. The lowest BCUT2D eigenvalue weighted by Gasteiger charge is -2.09. The standard InChI is InChI=1S/C13H11F2NO2S/c1-9-5-6-12(15)13(7-9)16-19(17,18)11-4-2-3-10(14)8-11/h2-8,16H,1H3. The number of aryl methyl sites for hydroxylation is 1. The van der Waals surface area contributed by atoms with Crippen molar-refractivity contribution in [2.75, 3.05) is 4.72 Å². The van der Waals surface area contributed by atoms with Crippen molar-refractivity contribution in [2.24, 2.45) is 0 Å². The summed E-state index contributed by atoms with van der Waals surface area (Å²) >= 11 is 0. The molecule has 0 aliphatic carbocycles. The Hall–Kier alpha value is -1.95. The van der Waals surface area contributed by atoms with Crippen LogP contribution in [0, 0.1) is 18.6 Å². The van der Waals surface area contributed by atoms with Crippen molar-refractivity contribution in [2.45, 2.75) is 11.8 Å². The summed E-state index contributed by atoms with van der Waals surface area (Å²) in [7, 11) is -4.01. The van der Waals surface area contributed by atoms with Crippen molar-refractivity contribution in [3.8, 4) is 0 Å². The average molecular weight is 283 g/mol. The van der Waals surface area contributed by atoms with Crippen LogP contribution >= 0.6 is 0 Å². The fraction of sp³-hybridized carbons (Fsp3) is 0.0769. The SMILES string of the molecule is Cc1ccc(F)c(NS(=O)(=O)c2cccc(F)c2)c1. The van der Waals surface area contributed by atoms with Gasteiger partial charge in [0.25, 0.3) is 10.0 Å². The molecule has 0 aliphatic rings. The van der Waals surface area contributed by atoms with Gasteiger partial charge >= 0.3 is 0 Å². The Morgan fingerprint density at radius 3 is 2.47 bits per heavy atom. The van der Waals surface area contributed by atoms with Gasteiger partial charge in [-0.2, -0.15) is 0 Å². The molecule has 0 unspecified atom stereocenters. The molecule has 0 saturated heterocycles. The van der Waals surface area contributed by atoms with E-state index in [9.17, 15) is 17.2 Å². The Morgan fingerprint density at radius 1 is 1.05 bits per heavy atom. The van der Waals surface area contributed by atoms with E-state index in [1.165, 1.54) is 30.3 Å². The molecule has 100 valence electrons. The molecule has 6 heteroatoms. The average Bonchev–Trinajstić information content (AvgIpc) is 2.33. The van der Waals surface area contributed by atoms with Gasteiger partial charge in [0.15, 0.2) is 0 Å². The number of sulfonamides is 1. The summed E-state index contributed by atoms with van der Waals surface area (Å²) in [5.41, 5.74) is 0.544. The third-order valence-corrected chi connectivity index (χ3v) is 3.84. The Balaban J connectivity index is 2.39. The number of halogens is 2. The summed E-state index contributed by atoms with van der Waals surface area (Å²) in [6, 6.07) is 8.57. The lowest BCUT2D eigenvalue weighted by atomic mass is 10.2. The molecule has 0 saturated carbocycles. The zero-order chi connectivity index (χ0) is 14.0. The molecule has 0 radical (unpaired) electrons. The van der Waals surface area contributed by atoms with Crippen LogP contribution in [0.1, 0.15) is 5.56 Å². The molecule has 0 fully saturated rings. The van der Waals surface area contributed by atoms with Gasteiger partial charge in [-0.3, -0.25) is 4.72 Å². The summed E-state index contributed by atoms with van der Waals surface area (Å²) in [6.07, 6.45) is 0. The van der Waals surface area contributed by atoms with Crippen LogP contribution < -0.4 is 4.72 Å². The minimum atomic E-state index is -4.01. The van der Waals surface area contributed by atoms with Crippen molar-refractivity contribution in [3.63, 3.8) is 0 Å². The van der Waals surface area contributed by atoms with Gasteiger partial charge in [0.05, 0.1) is 10.6 Å². The fourth-order valence-electron chi connectivity index (χ4n) is 1.56. The topological polar surface area (TPSA) is 46.2 Å². The summed E-state index contributed by atoms with van der Waals surface area (Å²) < 4.78 is 52.6. The van der Waals surface area contributed by atoms with Gasteiger partial charge in [-0.25, -0.2) is 17.2 Å². The zero-order valence-corrected chi connectivity index (χ0v) is 10.8. The maximum Gasteiger partial charge on any atom is 0.262 e. The predicted molar refractivity (Wildman–Crippen MR) is 68.3 cm³/mol. The molecule has 2 aromatic rings. The summed E-state index contributed by atoms with van der Waals surface area (Å²) in [5.74, 6) is -1.36. The fourth-order valence-corrected chi connectivity index (χ4v) is 2.64. The van der Waals surface area contributed by atoms with Crippen LogP contribution in [0.15, 0.2) is 47.4 Å². The third kappa shape index (κ3) is 3.08. The highest BCUT2D eigenvalue weighted by molar-refractivity contribution is 7.92. The minimum Gasteiger partial charge on any atom is -0.277 e. The van der Waals surface area contributed by atoms with E-state index in [4.69, 9.17) is 0 Å². The van der Waals surface area contributed by atoms with Crippen LogP contribution in [0.5, 0.6) is 0 Å². The first-order chi connectivity index (χ1) is 8.88. The molecule has 19 heavy (non-hydrogen) atoms. The molecular formula is C13H11F2NO2S. The molecule has 1 N–H and O–H groups in total. The first-order valence-electron chi connectivity index (χ1n) is 5.43. The summed E-state index contributed by atoms with van der Waals surface area (Å²) in [4.78, 5) is -0.256. The Morgan fingerprint density at radius 2 is 1.79 bits per heavy atom. The van der Waals surface area contributed by atoms with Crippen molar-refractivity contribution < 1.29 is 17.2 Å². The molecule has 2 aromatic carbocycles. The summed E-state index contributed by atoms with van der Waals surface area (Å²) in [5, 5.41) is 0. The van der Waals surface area contributed by atoms with E-state index in [-0.39, 0.29) is 10.6 Å². The van der Waals surface area contributed by atoms with Crippen molar-refractivity contribution in [3.05, 3.63) is 59.7 Å². The van der Waals surface area contributed by atoms with E-state index in [2.05, 4.69) is 4.72 Å². The molecule has 0 aromatic heterocycles. The quantitative estimate of drug-likeness (QED) is 0.941. The Labute approximate surface area is 109 Å². The van der Waals surface area contributed by atoms with E-state index in [1.807, 2.05) is 0 Å². The molecule has 2 rings (SSSR count). The van der Waals surface area contributed by atoms with Crippen LogP contribution in [0.3, 0.4) is 0 Å². The predicted octanol–water partition coefficient (Wildman–Crippen LogP) is 3.07. The second-order valence-corrected chi connectivity index (χ2v) is 5.73. The zero-order valence-electron chi connectivity index (χ0n) is 10.0. The molecule has 0 atom stereocenters. The first-order valence-corrected chi connectivity index (χ1v) is 6.91. The second-order valence-electron chi connectivity index (χ2n) is 4.05. The van der Waals surface area contributed by atoms with Crippen LogP contribution in [0.2, 0.25) is 0 Å². The van der Waals surface area contributed by atoms with Crippen LogP contribution in [0.25, 0.3) is 0 Å². The van der Waals surface area contributed by atoms with Crippen LogP contribution in [-0.4, -0.2) is 8.42 Å². The lowest BCUT2D eigenvalue weighted by Crippen LogP contribution is -2.14. The largest absolute Gasteiger partial charge is 0.277 e. The van der Waals surface area contributed by atoms with Crippen molar-refractivity contribution in [1.29, 1.82) is 0 Å². The highest BCUT2D eigenvalue weighted by atomic mass is 32.2. The highest BCUT2D eigenvalue weighted by Crippen LogP contribution is 2.20. The number of anilines is 1. The van der Waals surface area contributed by atoms with Crippen LogP contribution in [0.4, 0.5) is 14.5 Å². The third-order valence-electron chi connectivity index (χ3n) is 2.47. The van der Waals surface area contributed by atoms with Gasteiger partial charge in [-0.05, 0) is 42.8 Å². The van der Waals surface area contributed by atoms with E-state index in [1.54, 1.807) is 6.92 Å². The molecule has 0 amide bonds. The summed E-state index contributed by atoms with van der Waals surface area (Å²) in [6.45, 7) is 1.71. The Kier molecular flexibility index (Phi) is 3.53. The molecular weight excluding hydrogens is 272 g/mol. The number of benzene rings is 2. The molecule has 0 spiro atoms. The second kappa shape index (κ2) is 4.97. The molecule has 0 aliphatic heterocycles. The normalized spacial score (nSPS) is 11.3. The van der Waals surface area contributed by atoms with Crippen molar-refractivity contribution >= 4 is 15.7 Å². The number of rotatable bonds is 3. The monoisotopic (exact) mass is 283 g/mol. The number of nitrogens with one attached hydrogen (secondary N) is 1. The number of hydrogen-bond donors (Lipinski definition) is 1. The van der Waals surface area contributed by atoms with E-state index < -0.39 is 21.7 Å². The molecule has 0 bridgehead atoms. The van der Waals surface area contributed by atoms with Gasteiger partial charge in [0.1, 0.15) is 11.6 Å². The van der Waals surface area contributed by atoms with Gasteiger partial charge in [-0.1, -0.05) is 12.1 Å². The maximum absolute atomic E-state index is 13.5. The van der Waals surface area contributed by atoms with Gasteiger partial charge in [0.2, 0.25) is 0 Å². The van der Waals surface area contributed by atoms with Gasteiger partial charge < -0.3 is 0 Å². The maximum atomic E-state index is 13.5. The first kappa shape index (κ1) is 13.5. The van der Waals surface area contributed by atoms with Crippen LogP contribution in [-0.2, 0) is 10.0 Å². The van der Waals surface area contributed by atoms with E-state index in [0.717, 1.165) is 12.1 Å². The molecule has 0 heterocycles. The van der Waals surface area contributed by atoms with Gasteiger partial charge in [-0.15, -0.1) is 0 Å². The minimum absolute atomic E-state index is 0.163. The smallest absolute Gasteiger partial charge is 0.262 e. The lowest BCUT2D eigenvalue weighted by molar-refractivity contribution is 0.593. The molecule has 3 nitrogen and oxygen atoms in total. The van der Waals surface area contributed by atoms with E-state index >= 15 is 0 Å². The van der Waals surface area contributed by atoms with Gasteiger partial charge in [0, 0.05) is 0 Å². The highest BCUT2D eigenvalue weighted by Gasteiger charge is 2.16. The van der Waals surface area contributed by atoms with Crippen molar-refractivity contribution in [1.82, 2.24) is 0 Å².